The Balaban J connectivity index is 0.000000738. The van der Waals surface area contributed by atoms with Crippen LogP contribution in [0, 0.1) is 11.6 Å². The molecule has 0 spiro atoms. The van der Waals surface area contributed by atoms with Crippen molar-refractivity contribution < 1.29 is 33.3 Å². The summed E-state index contributed by atoms with van der Waals surface area (Å²) in [5, 5.41) is 19.5. The van der Waals surface area contributed by atoms with Gasteiger partial charge >= 0.3 is 5.97 Å². The predicted octanol–water partition coefficient (Wildman–Crippen LogP) is 8.60. The van der Waals surface area contributed by atoms with E-state index >= 15 is 4.39 Å². The van der Waals surface area contributed by atoms with Gasteiger partial charge < -0.3 is 19.7 Å². The number of thioether (sulfide) groups is 1. The number of benzene rings is 3. The van der Waals surface area contributed by atoms with E-state index in [9.17, 15) is 19.1 Å². The molecular weight excluding hydrogens is 657 g/mol. The van der Waals surface area contributed by atoms with Crippen LogP contribution >= 0.6 is 35.0 Å². The third kappa shape index (κ3) is 8.54. The first-order valence-electron chi connectivity index (χ1n) is 14.1. The second-order valence-electron chi connectivity index (χ2n) is 11.4. The summed E-state index contributed by atoms with van der Waals surface area (Å²) >= 11 is 14.5. The number of nitrogens with zero attached hydrogens (tertiary/aromatic N) is 2. The van der Waals surface area contributed by atoms with Gasteiger partial charge in [0, 0.05) is 45.8 Å². The third-order valence-electron chi connectivity index (χ3n) is 7.16. The number of ether oxygens (including phenoxy) is 1. The van der Waals surface area contributed by atoms with Gasteiger partial charge in [-0.2, -0.15) is 0 Å². The van der Waals surface area contributed by atoms with Gasteiger partial charge in [0.1, 0.15) is 29.3 Å². The molecule has 4 aromatic rings. The van der Waals surface area contributed by atoms with Crippen molar-refractivity contribution in [3.63, 3.8) is 0 Å². The molecule has 46 heavy (non-hydrogen) atoms. The van der Waals surface area contributed by atoms with Crippen LogP contribution in [0.25, 0.3) is 16.8 Å². The number of hydrogen-bond donors (Lipinski definition) is 2. The van der Waals surface area contributed by atoms with Crippen LogP contribution in [0.3, 0.4) is 0 Å². The molecule has 0 radical (unpaired) electrons. The van der Waals surface area contributed by atoms with E-state index in [1.807, 2.05) is 26.2 Å². The molecular formula is C34H36Cl2F2N2O5S. The van der Waals surface area contributed by atoms with E-state index in [4.69, 9.17) is 38.0 Å². The maximum absolute atomic E-state index is 15.9. The van der Waals surface area contributed by atoms with E-state index < -0.39 is 28.6 Å². The molecule has 4 rings (SSSR count). The van der Waals surface area contributed by atoms with Gasteiger partial charge in [-0.1, -0.05) is 35.3 Å². The Kier molecular flexibility index (Phi) is 12.6. The summed E-state index contributed by atoms with van der Waals surface area (Å²) in [5.41, 5.74) is 0.598. The first-order chi connectivity index (χ1) is 21.6. The summed E-state index contributed by atoms with van der Waals surface area (Å²) < 4.78 is 37.5. The second-order valence-corrected chi connectivity index (χ2v) is 13.1. The maximum Gasteiger partial charge on any atom is 0.303 e. The van der Waals surface area contributed by atoms with E-state index in [0.29, 0.717) is 50.1 Å². The number of aliphatic carboxylic acids is 1. The number of aliphatic hydroxyl groups is 1. The third-order valence-corrected chi connectivity index (χ3v) is 8.59. The number of carbonyl (C=O) groups is 2. The number of halogens is 4. The minimum absolute atomic E-state index is 0.0521. The Morgan fingerprint density at radius 1 is 1.04 bits per heavy atom. The Morgan fingerprint density at radius 2 is 1.67 bits per heavy atom. The number of aldehydes is 1. The number of methoxy groups -OCH3 is 1. The molecule has 1 heterocycles. The van der Waals surface area contributed by atoms with Crippen LogP contribution in [0.5, 0.6) is 0 Å². The Hall–Kier alpha value is -3.28. The fourth-order valence-corrected chi connectivity index (χ4v) is 6.33. The molecule has 0 bridgehead atoms. The van der Waals surface area contributed by atoms with Crippen molar-refractivity contribution >= 4 is 47.2 Å². The van der Waals surface area contributed by atoms with Crippen molar-refractivity contribution in [1.82, 2.24) is 9.55 Å². The van der Waals surface area contributed by atoms with Crippen molar-refractivity contribution in [2.24, 2.45) is 0 Å². The molecule has 2 N–H and O–H groups in total. The van der Waals surface area contributed by atoms with Gasteiger partial charge in [-0.05, 0) is 81.5 Å². The molecule has 0 aliphatic rings. The fourth-order valence-electron chi connectivity index (χ4n) is 4.82. The smallest absolute Gasteiger partial charge is 0.303 e. The highest BCUT2D eigenvalue weighted by molar-refractivity contribution is 7.98. The Bertz CT molecular complexity index is 1700. The number of rotatable bonds is 11. The summed E-state index contributed by atoms with van der Waals surface area (Å²) in [6, 6.07) is 13.2. The van der Waals surface area contributed by atoms with Crippen LogP contribution in [0.15, 0.2) is 59.6 Å². The average Bonchev–Trinajstić information content (AvgIpc) is 3.44. The summed E-state index contributed by atoms with van der Waals surface area (Å²) in [6.07, 6.45) is 4.13. The summed E-state index contributed by atoms with van der Waals surface area (Å²) in [5.74, 6) is -1.43. The highest BCUT2D eigenvalue weighted by Gasteiger charge is 2.35. The number of imidazole rings is 1. The van der Waals surface area contributed by atoms with Crippen molar-refractivity contribution in [2.75, 3.05) is 13.4 Å². The lowest BCUT2D eigenvalue weighted by molar-refractivity contribution is -0.137. The molecule has 7 nitrogen and oxygen atoms in total. The average molecular weight is 694 g/mol. The first-order valence-corrected chi connectivity index (χ1v) is 16.1. The quantitative estimate of drug-likeness (QED) is 0.120. The molecule has 0 fully saturated rings. The van der Waals surface area contributed by atoms with E-state index in [-0.39, 0.29) is 25.1 Å². The zero-order chi connectivity index (χ0) is 34.4. The van der Waals surface area contributed by atoms with Crippen LogP contribution in [0.2, 0.25) is 10.0 Å². The molecule has 1 aromatic heterocycles. The van der Waals surface area contributed by atoms with E-state index in [0.717, 1.165) is 4.90 Å². The van der Waals surface area contributed by atoms with Gasteiger partial charge in [0.15, 0.2) is 0 Å². The summed E-state index contributed by atoms with van der Waals surface area (Å²) in [7, 11) is 1.51. The van der Waals surface area contributed by atoms with E-state index in [1.165, 1.54) is 31.0 Å². The largest absolute Gasteiger partial charge is 0.481 e. The summed E-state index contributed by atoms with van der Waals surface area (Å²) in [6.45, 7) is 7.17. The van der Waals surface area contributed by atoms with Crippen molar-refractivity contribution in [1.29, 1.82) is 0 Å². The van der Waals surface area contributed by atoms with Crippen molar-refractivity contribution in [3.05, 3.63) is 99.1 Å². The number of carboxylic acids is 1. The minimum Gasteiger partial charge on any atom is -0.481 e. The predicted molar refractivity (Wildman–Crippen MR) is 178 cm³/mol. The number of aromatic nitrogens is 2. The van der Waals surface area contributed by atoms with Gasteiger partial charge in [0.25, 0.3) is 0 Å². The second kappa shape index (κ2) is 15.5. The molecule has 0 amide bonds. The van der Waals surface area contributed by atoms with Crippen molar-refractivity contribution in [2.45, 2.75) is 63.1 Å². The molecule has 12 heteroatoms. The Morgan fingerprint density at radius 3 is 2.17 bits per heavy atom. The van der Waals surface area contributed by atoms with Crippen LogP contribution in [0.1, 0.15) is 63.2 Å². The van der Waals surface area contributed by atoms with Gasteiger partial charge in [-0.15, -0.1) is 11.8 Å². The zero-order valence-corrected chi connectivity index (χ0v) is 28.7. The lowest BCUT2D eigenvalue weighted by atomic mass is 9.83. The van der Waals surface area contributed by atoms with Gasteiger partial charge in [0.05, 0.1) is 29.8 Å². The van der Waals surface area contributed by atoms with Crippen molar-refractivity contribution in [3.8, 4) is 16.8 Å². The molecule has 0 saturated heterocycles. The maximum atomic E-state index is 15.9. The van der Waals surface area contributed by atoms with Crippen LogP contribution < -0.4 is 0 Å². The monoisotopic (exact) mass is 692 g/mol. The molecule has 0 atom stereocenters. The first kappa shape index (κ1) is 37.2. The molecule has 3 aromatic carbocycles. The minimum atomic E-state index is -1.29. The van der Waals surface area contributed by atoms with E-state index in [1.54, 1.807) is 54.9 Å². The molecule has 246 valence electrons. The number of carbonyl (C=O) groups excluding carboxylic acids is 1. The van der Waals surface area contributed by atoms with Gasteiger partial charge in [-0.3, -0.25) is 9.36 Å². The molecule has 0 unspecified atom stereocenters. The normalized spacial score (nSPS) is 11.6. The van der Waals surface area contributed by atoms with Crippen LogP contribution in [-0.4, -0.2) is 45.4 Å². The fraction of sp³-hybridized carbons (Fsp3) is 0.324. The highest BCUT2D eigenvalue weighted by Crippen LogP contribution is 2.42. The van der Waals surface area contributed by atoms with E-state index in [2.05, 4.69) is 0 Å². The summed E-state index contributed by atoms with van der Waals surface area (Å²) in [4.78, 5) is 24.5. The Labute approximate surface area is 281 Å². The van der Waals surface area contributed by atoms with Gasteiger partial charge in [-0.25, -0.2) is 13.8 Å². The standard InChI is InChI=1S/C30H30Cl2F2N2O2S.C4H6O3/c1-29(2,27-20(31)8-7-9-21(27)32)28-35-26(30(3,4)37)15-36(28)24-11-10-17(12-23(24)34)18-13-22(33)19(16-38-5)25(14-18)39-6;5-3-1-2-4(6)7/h7-15,37H,16H2,1-6H3;3H,1-2H2,(H,6,7). The highest BCUT2D eigenvalue weighted by atomic mass is 35.5. The molecule has 0 aliphatic heterocycles. The SMILES string of the molecule is COCc1c(F)cc(-c2ccc(-n3cc(C(C)(C)O)nc3C(C)(C)c3c(Cl)cccc3Cl)c(F)c2)cc1SC.O=CCCC(=O)O. The van der Waals surface area contributed by atoms with Gasteiger partial charge in [0.2, 0.25) is 0 Å². The number of carboxylic acid groups (broad SMARTS) is 1. The van der Waals surface area contributed by atoms with Crippen LogP contribution in [-0.2, 0) is 31.9 Å². The molecule has 0 saturated carbocycles. The number of hydrogen-bond acceptors (Lipinski definition) is 6. The lowest BCUT2D eigenvalue weighted by Crippen LogP contribution is -2.25. The van der Waals surface area contributed by atoms with Crippen LogP contribution in [0.4, 0.5) is 8.78 Å². The lowest BCUT2D eigenvalue weighted by Gasteiger charge is -2.28. The topological polar surface area (TPSA) is 102 Å². The molecule has 0 aliphatic carbocycles. The zero-order valence-electron chi connectivity index (χ0n) is 26.3.